The molecule has 0 radical (unpaired) electrons. The van der Waals surface area contributed by atoms with Gasteiger partial charge in [0.15, 0.2) is 0 Å². The summed E-state index contributed by atoms with van der Waals surface area (Å²) in [6.07, 6.45) is -0.902. The summed E-state index contributed by atoms with van der Waals surface area (Å²) in [7, 11) is 2.62. The second-order valence-corrected chi connectivity index (χ2v) is 4.33. The van der Waals surface area contributed by atoms with Crippen LogP contribution in [0.3, 0.4) is 0 Å². The van der Waals surface area contributed by atoms with Crippen LogP contribution in [0, 0.1) is 0 Å². The van der Waals surface area contributed by atoms with Crippen LogP contribution < -0.4 is 4.74 Å². The number of benzene rings is 1. The van der Waals surface area contributed by atoms with E-state index in [1.54, 1.807) is 18.2 Å². The molecule has 1 aromatic carbocycles. The molecule has 0 aliphatic carbocycles. The third kappa shape index (κ3) is 3.12. The molecule has 0 amide bonds. The summed E-state index contributed by atoms with van der Waals surface area (Å²) >= 11 is 0. The molecule has 1 rings (SSSR count). The van der Waals surface area contributed by atoms with E-state index in [4.69, 9.17) is 9.84 Å². The van der Waals surface area contributed by atoms with Crippen LogP contribution in [-0.4, -0.2) is 52.7 Å². The number of aliphatic carboxylic acids is 2. The van der Waals surface area contributed by atoms with Crippen molar-refractivity contribution in [2.24, 2.45) is 0 Å². The summed E-state index contributed by atoms with van der Waals surface area (Å²) in [4.78, 5) is 35.5. The Labute approximate surface area is 115 Å². The van der Waals surface area contributed by atoms with Gasteiger partial charge in [-0.2, -0.15) is 0 Å². The van der Waals surface area contributed by atoms with E-state index in [1.807, 2.05) is 0 Å². The maximum Gasteiger partial charge on any atom is 0.344 e. The second kappa shape index (κ2) is 6.16. The molecule has 0 bridgehead atoms. The Kier molecular flexibility index (Phi) is 4.82. The van der Waals surface area contributed by atoms with Gasteiger partial charge in [-0.05, 0) is 26.2 Å². The lowest BCUT2D eigenvalue weighted by atomic mass is 9.94. The quantitative estimate of drug-likeness (QED) is 0.443. The highest BCUT2D eigenvalue weighted by Crippen LogP contribution is 2.22. The van der Waals surface area contributed by atoms with Gasteiger partial charge in [0.2, 0.25) is 5.54 Å². The average molecular weight is 281 g/mol. The maximum absolute atomic E-state index is 12.1. The van der Waals surface area contributed by atoms with E-state index in [1.165, 1.54) is 26.2 Å². The van der Waals surface area contributed by atoms with E-state index in [2.05, 4.69) is 0 Å². The topological polar surface area (TPSA) is 104 Å². The lowest BCUT2D eigenvalue weighted by Gasteiger charge is -2.31. The number of likely N-dealkylation sites (N-methyl/N-ethyl adjacent to an activating group) is 1. The summed E-state index contributed by atoms with van der Waals surface area (Å²) in [5, 5.41) is 18.1. The number of carboxylic acid groups (broad SMARTS) is 2. The summed E-state index contributed by atoms with van der Waals surface area (Å²) in [6, 6.07) is 7.86. The molecular weight excluding hydrogens is 266 g/mol. The third-order valence-electron chi connectivity index (χ3n) is 2.82. The van der Waals surface area contributed by atoms with Gasteiger partial charge in [0.25, 0.3) is 0 Å². The molecule has 1 unspecified atom stereocenters. The number of carbonyl (C=O) groups excluding carboxylic acids is 1. The Morgan fingerprint density at radius 1 is 1.15 bits per heavy atom. The van der Waals surface area contributed by atoms with Crippen molar-refractivity contribution in [3.8, 4) is 5.75 Å². The number of esters is 1. The van der Waals surface area contributed by atoms with E-state index in [9.17, 15) is 19.5 Å². The van der Waals surface area contributed by atoms with Crippen molar-refractivity contribution in [2.45, 2.75) is 12.0 Å². The number of carbonyl (C=O) groups is 3. The molecular formula is C13H15NO6. The smallest absolute Gasteiger partial charge is 0.344 e. The fourth-order valence-electron chi connectivity index (χ4n) is 1.67. The molecule has 1 aromatic rings. The van der Waals surface area contributed by atoms with Crippen molar-refractivity contribution >= 4 is 17.9 Å². The number of para-hydroxylation sites is 1. The first kappa shape index (κ1) is 15.6. The fraction of sp³-hybridized carbons (Fsp3) is 0.308. The summed E-state index contributed by atoms with van der Waals surface area (Å²) in [5.41, 5.74) is -2.28. The van der Waals surface area contributed by atoms with Crippen molar-refractivity contribution in [1.82, 2.24) is 4.90 Å². The number of hydrogen-bond donors (Lipinski definition) is 2. The first-order chi connectivity index (χ1) is 9.30. The van der Waals surface area contributed by atoms with Gasteiger partial charge in [-0.3, -0.25) is 9.69 Å². The Morgan fingerprint density at radius 2 is 1.70 bits per heavy atom. The van der Waals surface area contributed by atoms with Crippen LogP contribution in [0.4, 0.5) is 0 Å². The maximum atomic E-state index is 12.1. The molecule has 0 heterocycles. The highest BCUT2D eigenvalue weighted by molar-refractivity contribution is 6.07. The van der Waals surface area contributed by atoms with Gasteiger partial charge < -0.3 is 14.9 Å². The SMILES string of the molecule is CN(C)C(CC(=O)O)(C(=O)O)C(=O)Oc1ccccc1. The van der Waals surface area contributed by atoms with Gasteiger partial charge in [0.1, 0.15) is 5.75 Å². The highest BCUT2D eigenvalue weighted by Gasteiger charge is 2.52. The first-order valence-electron chi connectivity index (χ1n) is 5.70. The zero-order chi connectivity index (χ0) is 15.3. The van der Waals surface area contributed by atoms with E-state index in [0.29, 0.717) is 0 Å². The van der Waals surface area contributed by atoms with Gasteiger partial charge in [0.05, 0.1) is 6.42 Å². The molecule has 20 heavy (non-hydrogen) atoms. The van der Waals surface area contributed by atoms with Crippen molar-refractivity contribution in [3.63, 3.8) is 0 Å². The van der Waals surface area contributed by atoms with Gasteiger partial charge in [-0.25, -0.2) is 9.59 Å². The zero-order valence-corrected chi connectivity index (χ0v) is 11.1. The van der Waals surface area contributed by atoms with Crippen LogP contribution in [0.25, 0.3) is 0 Å². The monoisotopic (exact) mass is 281 g/mol. The molecule has 0 saturated heterocycles. The first-order valence-corrected chi connectivity index (χ1v) is 5.70. The normalized spacial score (nSPS) is 13.6. The molecule has 2 N–H and O–H groups in total. The minimum absolute atomic E-state index is 0.148. The van der Waals surface area contributed by atoms with E-state index in [0.717, 1.165) is 4.90 Å². The van der Waals surface area contributed by atoms with Crippen molar-refractivity contribution < 1.29 is 29.3 Å². The molecule has 0 aliphatic heterocycles. The average Bonchev–Trinajstić information content (AvgIpc) is 2.35. The molecule has 0 saturated carbocycles. The van der Waals surface area contributed by atoms with Gasteiger partial charge >= 0.3 is 17.9 Å². The number of rotatable bonds is 6. The fourth-order valence-corrected chi connectivity index (χ4v) is 1.67. The van der Waals surface area contributed by atoms with Crippen LogP contribution in [0.5, 0.6) is 5.75 Å². The molecule has 0 spiro atoms. The second-order valence-electron chi connectivity index (χ2n) is 4.33. The minimum Gasteiger partial charge on any atom is -0.481 e. The summed E-state index contributed by atoms with van der Waals surface area (Å²) in [5.74, 6) is -3.99. The number of hydrogen-bond acceptors (Lipinski definition) is 5. The Balaban J connectivity index is 3.12. The lowest BCUT2D eigenvalue weighted by molar-refractivity contribution is -0.169. The molecule has 0 aromatic heterocycles. The van der Waals surface area contributed by atoms with Crippen LogP contribution in [-0.2, 0) is 14.4 Å². The Morgan fingerprint density at radius 3 is 2.10 bits per heavy atom. The molecule has 0 fully saturated rings. The van der Waals surface area contributed by atoms with Crippen molar-refractivity contribution in [2.75, 3.05) is 14.1 Å². The van der Waals surface area contributed by atoms with Crippen LogP contribution in [0.1, 0.15) is 6.42 Å². The molecule has 7 nitrogen and oxygen atoms in total. The Bertz CT molecular complexity index is 513. The van der Waals surface area contributed by atoms with E-state index in [-0.39, 0.29) is 5.75 Å². The van der Waals surface area contributed by atoms with Gasteiger partial charge in [-0.15, -0.1) is 0 Å². The lowest BCUT2D eigenvalue weighted by Crippen LogP contribution is -2.60. The predicted molar refractivity (Wildman–Crippen MR) is 68.4 cm³/mol. The van der Waals surface area contributed by atoms with Crippen LogP contribution in [0.2, 0.25) is 0 Å². The van der Waals surface area contributed by atoms with Crippen LogP contribution in [0.15, 0.2) is 30.3 Å². The standard InChI is InChI=1S/C13H15NO6/c1-14(2)13(11(17)18,8-10(15)16)12(19)20-9-6-4-3-5-7-9/h3-7H,8H2,1-2H3,(H,15,16)(H,17,18). The zero-order valence-electron chi connectivity index (χ0n) is 11.1. The number of carboxylic acids is 2. The van der Waals surface area contributed by atoms with Crippen LogP contribution >= 0.6 is 0 Å². The highest BCUT2D eigenvalue weighted by atomic mass is 16.5. The van der Waals surface area contributed by atoms with E-state index >= 15 is 0 Å². The van der Waals surface area contributed by atoms with Gasteiger partial charge in [0, 0.05) is 0 Å². The molecule has 108 valence electrons. The number of ether oxygens (including phenoxy) is 1. The van der Waals surface area contributed by atoms with Crippen molar-refractivity contribution in [3.05, 3.63) is 30.3 Å². The van der Waals surface area contributed by atoms with Gasteiger partial charge in [-0.1, -0.05) is 18.2 Å². The largest absolute Gasteiger partial charge is 0.481 e. The number of nitrogens with zero attached hydrogens (tertiary/aromatic N) is 1. The molecule has 0 aliphatic rings. The third-order valence-corrected chi connectivity index (χ3v) is 2.82. The van der Waals surface area contributed by atoms with Crippen molar-refractivity contribution in [1.29, 1.82) is 0 Å². The minimum atomic E-state index is -2.28. The predicted octanol–water partition coefficient (Wildman–Crippen LogP) is 0.452. The summed E-state index contributed by atoms with van der Waals surface area (Å²) in [6.45, 7) is 0. The summed E-state index contributed by atoms with van der Waals surface area (Å²) < 4.78 is 4.98. The Hall–Kier alpha value is -2.41. The molecule has 1 atom stereocenters. The molecule has 7 heteroatoms. The van der Waals surface area contributed by atoms with E-state index < -0.39 is 29.9 Å².